The molecule has 0 unspecified atom stereocenters. The molecule has 1 aliphatic rings. The summed E-state index contributed by atoms with van der Waals surface area (Å²) in [4.78, 5) is 3.76. The van der Waals surface area contributed by atoms with E-state index in [0.717, 1.165) is 13.2 Å². The van der Waals surface area contributed by atoms with Crippen LogP contribution in [0.15, 0.2) is 23.1 Å². The fourth-order valence-corrected chi connectivity index (χ4v) is 3.31. The number of rotatable bonds is 1. The summed E-state index contributed by atoms with van der Waals surface area (Å²) in [6.07, 6.45) is 0. The lowest BCUT2D eigenvalue weighted by Crippen LogP contribution is -2.35. The third-order valence-corrected chi connectivity index (χ3v) is 3.89. The van der Waals surface area contributed by atoms with E-state index in [1.165, 1.54) is 14.2 Å². The summed E-state index contributed by atoms with van der Waals surface area (Å²) in [6.45, 7) is 4.28. The first-order valence-corrected chi connectivity index (χ1v) is 6.49. The lowest BCUT2D eigenvalue weighted by Gasteiger charge is -2.34. The van der Waals surface area contributed by atoms with Crippen LogP contribution in [-0.2, 0) is 0 Å². The van der Waals surface area contributed by atoms with E-state index in [1.807, 2.05) is 11.9 Å². The first-order valence-electron chi connectivity index (χ1n) is 4.64. The lowest BCUT2D eigenvalue weighted by molar-refractivity contribution is 0.535. The zero-order valence-electron chi connectivity index (χ0n) is 8.33. The maximum atomic E-state index is 2.39. The summed E-state index contributed by atoms with van der Waals surface area (Å²) in [7, 11) is 2.14. The third kappa shape index (κ3) is 2.01. The molecule has 76 valence electrons. The normalized spacial score (nSPS) is 16.9. The van der Waals surface area contributed by atoms with E-state index >= 15 is 0 Å². The first kappa shape index (κ1) is 10.6. The fraction of sp³-hybridized carbons (Fsp3) is 0.400. The fourth-order valence-electron chi connectivity index (χ4n) is 1.61. The van der Waals surface area contributed by atoms with Gasteiger partial charge in [-0.15, -0.1) is 0 Å². The molecule has 1 heterocycles. The van der Waals surface area contributed by atoms with Gasteiger partial charge in [-0.05, 0) is 66.7 Å². The average molecular weight is 320 g/mol. The van der Waals surface area contributed by atoms with E-state index in [0.29, 0.717) is 0 Å². The van der Waals surface area contributed by atoms with Crippen LogP contribution in [0.1, 0.15) is 6.92 Å². The maximum absolute atomic E-state index is 2.39. The number of halogens is 1. The Labute approximate surface area is 103 Å². The van der Waals surface area contributed by atoms with Crippen LogP contribution >= 0.6 is 34.5 Å². The van der Waals surface area contributed by atoms with Gasteiger partial charge in [0.1, 0.15) is 0 Å². The largest absolute Gasteiger partial charge is 0.357 e. The van der Waals surface area contributed by atoms with Crippen LogP contribution in [0, 0.1) is 3.57 Å². The van der Waals surface area contributed by atoms with Crippen LogP contribution in [0.2, 0.25) is 0 Å². The maximum Gasteiger partial charge on any atom is 0.0803 e. The second-order valence-electron chi connectivity index (χ2n) is 3.33. The second-order valence-corrected chi connectivity index (χ2v) is 5.82. The predicted molar refractivity (Wildman–Crippen MR) is 70.7 cm³/mol. The van der Waals surface area contributed by atoms with E-state index in [-0.39, 0.29) is 0 Å². The minimum atomic E-state index is 1.01. The summed E-state index contributed by atoms with van der Waals surface area (Å²) in [6, 6.07) is 6.65. The standard InChI is InChI=1S/C10H13IN2S/c1-3-13-7-12(2)14-10-6-8(11)4-5-9(10)13/h4-6H,3,7H2,1-2H3. The van der Waals surface area contributed by atoms with Crippen LogP contribution in [0.4, 0.5) is 5.69 Å². The van der Waals surface area contributed by atoms with Crippen LogP contribution in [0.3, 0.4) is 0 Å². The van der Waals surface area contributed by atoms with Crippen molar-refractivity contribution in [3.8, 4) is 0 Å². The van der Waals surface area contributed by atoms with Crippen molar-refractivity contribution in [2.75, 3.05) is 25.2 Å². The minimum absolute atomic E-state index is 1.01. The van der Waals surface area contributed by atoms with Gasteiger partial charge in [0.25, 0.3) is 0 Å². The molecule has 1 aromatic rings. The summed E-state index contributed by atoms with van der Waals surface area (Å²) < 4.78 is 3.57. The SMILES string of the molecule is CCN1CN(C)Sc2cc(I)ccc21. The number of anilines is 1. The molecule has 0 radical (unpaired) electrons. The third-order valence-electron chi connectivity index (χ3n) is 2.27. The van der Waals surface area contributed by atoms with Gasteiger partial charge in [0.2, 0.25) is 0 Å². The number of fused-ring (bicyclic) bond motifs is 1. The molecule has 0 bridgehead atoms. The Balaban J connectivity index is 2.40. The molecule has 0 saturated carbocycles. The molecule has 0 N–H and O–H groups in total. The zero-order chi connectivity index (χ0) is 10.1. The molecule has 0 spiro atoms. The minimum Gasteiger partial charge on any atom is -0.357 e. The first-order chi connectivity index (χ1) is 6.70. The van der Waals surface area contributed by atoms with Crippen molar-refractivity contribution in [2.45, 2.75) is 11.8 Å². The monoisotopic (exact) mass is 320 g/mol. The molecule has 0 aliphatic carbocycles. The summed E-state index contributed by atoms with van der Waals surface area (Å²) in [5, 5.41) is 0. The number of benzene rings is 1. The molecular weight excluding hydrogens is 307 g/mol. The van der Waals surface area contributed by atoms with Crippen molar-refractivity contribution in [3.05, 3.63) is 21.8 Å². The van der Waals surface area contributed by atoms with Gasteiger partial charge in [0.15, 0.2) is 0 Å². The summed E-state index contributed by atoms with van der Waals surface area (Å²) >= 11 is 4.19. The van der Waals surface area contributed by atoms with Gasteiger partial charge in [-0.1, -0.05) is 0 Å². The second kappa shape index (κ2) is 4.28. The Morgan fingerprint density at radius 3 is 3.00 bits per heavy atom. The quantitative estimate of drug-likeness (QED) is 0.580. The van der Waals surface area contributed by atoms with Crippen molar-refractivity contribution in [1.29, 1.82) is 0 Å². The Morgan fingerprint density at radius 1 is 1.50 bits per heavy atom. The van der Waals surface area contributed by atoms with Gasteiger partial charge in [-0.25, -0.2) is 4.31 Å². The summed E-state index contributed by atoms with van der Waals surface area (Å²) in [5.74, 6) is 0. The van der Waals surface area contributed by atoms with Gasteiger partial charge in [-0.3, -0.25) is 0 Å². The van der Waals surface area contributed by atoms with Crippen molar-refractivity contribution >= 4 is 40.2 Å². The van der Waals surface area contributed by atoms with Gasteiger partial charge in [-0.2, -0.15) is 0 Å². The number of hydrogen-bond acceptors (Lipinski definition) is 3. The molecule has 2 nitrogen and oxygen atoms in total. The molecule has 2 rings (SSSR count). The smallest absolute Gasteiger partial charge is 0.0803 e. The van der Waals surface area contributed by atoms with Crippen molar-refractivity contribution in [2.24, 2.45) is 0 Å². The van der Waals surface area contributed by atoms with Crippen molar-refractivity contribution < 1.29 is 0 Å². The highest BCUT2D eigenvalue weighted by atomic mass is 127. The van der Waals surface area contributed by atoms with E-state index in [9.17, 15) is 0 Å². The van der Waals surface area contributed by atoms with Crippen LogP contribution < -0.4 is 4.90 Å². The molecule has 0 amide bonds. The van der Waals surface area contributed by atoms with Crippen molar-refractivity contribution in [3.63, 3.8) is 0 Å². The Hall–Kier alpha value is 0.0600. The Morgan fingerprint density at radius 2 is 2.29 bits per heavy atom. The average Bonchev–Trinajstić information content (AvgIpc) is 2.15. The highest BCUT2D eigenvalue weighted by molar-refractivity contribution is 14.1. The lowest BCUT2D eigenvalue weighted by atomic mass is 10.3. The number of hydrogen-bond donors (Lipinski definition) is 0. The molecular formula is C10H13IN2S. The molecule has 0 fully saturated rings. The Bertz CT molecular complexity index is 343. The van der Waals surface area contributed by atoms with E-state index in [2.05, 4.69) is 64.0 Å². The molecule has 0 aromatic heterocycles. The van der Waals surface area contributed by atoms with Crippen LogP contribution in [-0.4, -0.2) is 24.6 Å². The summed E-state index contributed by atoms with van der Waals surface area (Å²) in [5.41, 5.74) is 1.37. The predicted octanol–water partition coefficient (Wildman–Crippen LogP) is 3.03. The van der Waals surface area contributed by atoms with Gasteiger partial charge < -0.3 is 4.90 Å². The molecule has 0 saturated heterocycles. The highest BCUT2D eigenvalue weighted by Gasteiger charge is 2.19. The topological polar surface area (TPSA) is 6.48 Å². The molecule has 1 aliphatic heterocycles. The van der Waals surface area contributed by atoms with Crippen LogP contribution in [0.5, 0.6) is 0 Å². The van der Waals surface area contributed by atoms with E-state index in [1.54, 1.807) is 0 Å². The molecule has 0 atom stereocenters. The van der Waals surface area contributed by atoms with Crippen LogP contribution in [0.25, 0.3) is 0 Å². The highest BCUT2D eigenvalue weighted by Crippen LogP contribution is 2.37. The van der Waals surface area contributed by atoms with Gasteiger partial charge in [0, 0.05) is 15.0 Å². The molecule has 1 aromatic carbocycles. The van der Waals surface area contributed by atoms with Gasteiger partial charge >= 0.3 is 0 Å². The van der Waals surface area contributed by atoms with E-state index in [4.69, 9.17) is 0 Å². The van der Waals surface area contributed by atoms with Crippen molar-refractivity contribution in [1.82, 2.24) is 4.31 Å². The molecule has 14 heavy (non-hydrogen) atoms. The Kier molecular flexibility index (Phi) is 3.23. The zero-order valence-corrected chi connectivity index (χ0v) is 11.3. The van der Waals surface area contributed by atoms with Gasteiger partial charge in [0.05, 0.1) is 12.4 Å². The number of nitrogens with zero attached hydrogens (tertiary/aromatic N) is 2. The van der Waals surface area contributed by atoms with E-state index < -0.39 is 0 Å². The molecule has 4 heteroatoms.